The zero-order valence-corrected chi connectivity index (χ0v) is 9.44. The summed E-state index contributed by atoms with van der Waals surface area (Å²) >= 11 is 0. The smallest absolute Gasteiger partial charge is 0.0788 e. The Labute approximate surface area is 86.4 Å². The summed E-state index contributed by atoms with van der Waals surface area (Å²) in [6.45, 7) is 3.68. The third-order valence-corrected chi connectivity index (χ3v) is 2.88. The van der Waals surface area contributed by atoms with Crippen LogP contribution in [-0.4, -0.2) is 74.5 Å². The van der Waals surface area contributed by atoms with E-state index >= 15 is 0 Å². The maximum atomic E-state index is 9.64. The molecule has 1 rings (SSSR count). The van der Waals surface area contributed by atoms with Gasteiger partial charge in [0, 0.05) is 32.8 Å². The van der Waals surface area contributed by atoms with Crippen LogP contribution in [0.1, 0.15) is 6.42 Å². The molecule has 1 fully saturated rings. The molecule has 1 N–H and O–H groups in total. The molecule has 0 saturated carbocycles. The molecule has 0 aromatic rings. The molecule has 4 nitrogen and oxygen atoms in total. The molecule has 2 unspecified atom stereocenters. The highest BCUT2D eigenvalue weighted by molar-refractivity contribution is 4.80. The number of aliphatic hydroxyl groups excluding tert-OH is 1. The van der Waals surface area contributed by atoms with Gasteiger partial charge in [-0.25, -0.2) is 0 Å². The Morgan fingerprint density at radius 3 is 2.79 bits per heavy atom. The standard InChI is InChI=1S/C10H22N2O2/c1-11-4-5-12(2)9(7-11)6-10(13)8-14-3/h9-10,13H,4-8H2,1-3H3. The summed E-state index contributed by atoms with van der Waals surface area (Å²) < 4.78 is 4.93. The van der Waals surface area contributed by atoms with Crippen LogP contribution in [0, 0.1) is 0 Å². The number of rotatable bonds is 4. The van der Waals surface area contributed by atoms with Crippen LogP contribution in [0.15, 0.2) is 0 Å². The van der Waals surface area contributed by atoms with Gasteiger partial charge in [0.25, 0.3) is 0 Å². The molecule has 0 aromatic carbocycles. The van der Waals surface area contributed by atoms with Crippen molar-refractivity contribution in [1.82, 2.24) is 9.80 Å². The third kappa shape index (κ3) is 3.53. The molecule has 0 aliphatic carbocycles. The van der Waals surface area contributed by atoms with Crippen LogP contribution in [-0.2, 0) is 4.74 Å². The number of hydrogen-bond donors (Lipinski definition) is 1. The molecule has 14 heavy (non-hydrogen) atoms. The summed E-state index contributed by atoms with van der Waals surface area (Å²) in [6, 6.07) is 0.457. The molecule has 0 aromatic heterocycles. The Morgan fingerprint density at radius 1 is 1.43 bits per heavy atom. The lowest BCUT2D eigenvalue weighted by molar-refractivity contribution is 0.0217. The summed E-state index contributed by atoms with van der Waals surface area (Å²) in [7, 11) is 5.87. The van der Waals surface area contributed by atoms with Crippen LogP contribution in [0.25, 0.3) is 0 Å². The SMILES string of the molecule is COCC(O)CC1CN(C)CCN1C. The average Bonchev–Trinajstić information content (AvgIpc) is 2.12. The van der Waals surface area contributed by atoms with Gasteiger partial charge in [-0.2, -0.15) is 0 Å². The van der Waals surface area contributed by atoms with Crippen LogP contribution in [0.5, 0.6) is 0 Å². The van der Waals surface area contributed by atoms with E-state index in [4.69, 9.17) is 4.74 Å². The van der Waals surface area contributed by atoms with Crippen molar-refractivity contribution in [2.75, 3.05) is 47.4 Å². The number of hydrogen-bond acceptors (Lipinski definition) is 4. The van der Waals surface area contributed by atoms with E-state index in [9.17, 15) is 5.11 Å². The highest BCUT2D eigenvalue weighted by atomic mass is 16.5. The summed E-state index contributed by atoms with van der Waals surface area (Å²) in [4.78, 5) is 4.63. The molecule has 0 amide bonds. The highest BCUT2D eigenvalue weighted by Gasteiger charge is 2.24. The summed E-state index contributed by atoms with van der Waals surface area (Å²) in [5.74, 6) is 0. The Balaban J connectivity index is 2.33. The second-order valence-corrected chi connectivity index (χ2v) is 4.24. The van der Waals surface area contributed by atoms with Gasteiger partial charge in [0.1, 0.15) is 0 Å². The molecule has 1 aliphatic rings. The normalized spacial score (nSPS) is 27.9. The van der Waals surface area contributed by atoms with Crippen molar-refractivity contribution in [3.05, 3.63) is 0 Å². The fourth-order valence-corrected chi connectivity index (χ4v) is 1.93. The van der Waals surface area contributed by atoms with Gasteiger partial charge in [-0.05, 0) is 20.5 Å². The molecule has 1 saturated heterocycles. The monoisotopic (exact) mass is 202 g/mol. The fourth-order valence-electron chi connectivity index (χ4n) is 1.93. The van der Waals surface area contributed by atoms with E-state index in [1.807, 2.05) is 0 Å². The zero-order valence-electron chi connectivity index (χ0n) is 9.44. The van der Waals surface area contributed by atoms with Gasteiger partial charge in [0.2, 0.25) is 0 Å². The lowest BCUT2D eigenvalue weighted by Crippen LogP contribution is -2.51. The maximum Gasteiger partial charge on any atom is 0.0788 e. The summed E-state index contributed by atoms with van der Waals surface area (Å²) in [6.07, 6.45) is 0.466. The number of nitrogens with zero attached hydrogens (tertiary/aromatic N) is 2. The lowest BCUT2D eigenvalue weighted by atomic mass is 10.1. The van der Waals surface area contributed by atoms with Crippen molar-refractivity contribution in [2.45, 2.75) is 18.6 Å². The Bertz CT molecular complexity index is 166. The van der Waals surface area contributed by atoms with Crippen molar-refractivity contribution in [2.24, 2.45) is 0 Å². The average molecular weight is 202 g/mol. The van der Waals surface area contributed by atoms with Gasteiger partial charge in [0.15, 0.2) is 0 Å². The van der Waals surface area contributed by atoms with Gasteiger partial charge < -0.3 is 19.6 Å². The van der Waals surface area contributed by atoms with Crippen LogP contribution >= 0.6 is 0 Å². The summed E-state index contributed by atoms with van der Waals surface area (Å²) in [5.41, 5.74) is 0. The van der Waals surface area contributed by atoms with E-state index in [0.29, 0.717) is 12.6 Å². The molecule has 0 spiro atoms. The number of likely N-dealkylation sites (N-methyl/N-ethyl adjacent to an activating group) is 2. The van der Waals surface area contributed by atoms with Gasteiger partial charge in [0.05, 0.1) is 12.7 Å². The quantitative estimate of drug-likeness (QED) is 0.675. The molecule has 1 heterocycles. The third-order valence-electron chi connectivity index (χ3n) is 2.88. The topological polar surface area (TPSA) is 35.9 Å². The highest BCUT2D eigenvalue weighted by Crippen LogP contribution is 2.11. The zero-order chi connectivity index (χ0) is 10.6. The van der Waals surface area contributed by atoms with Crippen LogP contribution in [0.2, 0.25) is 0 Å². The first-order chi connectivity index (χ1) is 6.63. The molecule has 2 atom stereocenters. The van der Waals surface area contributed by atoms with Gasteiger partial charge in [-0.1, -0.05) is 0 Å². The molecule has 4 heteroatoms. The first-order valence-corrected chi connectivity index (χ1v) is 5.19. The fraction of sp³-hybridized carbons (Fsp3) is 1.00. The van der Waals surface area contributed by atoms with Crippen LogP contribution in [0.3, 0.4) is 0 Å². The number of methoxy groups -OCH3 is 1. The first-order valence-electron chi connectivity index (χ1n) is 5.19. The van der Waals surface area contributed by atoms with Crippen LogP contribution < -0.4 is 0 Å². The lowest BCUT2D eigenvalue weighted by Gasteiger charge is -2.38. The van der Waals surface area contributed by atoms with Gasteiger partial charge >= 0.3 is 0 Å². The van der Waals surface area contributed by atoms with Crippen molar-refractivity contribution in [3.8, 4) is 0 Å². The summed E-state index contributed by atoms with van der Waals surface area (Å²) in [5, 5.41) is 9.64. The van der Waals surface area contributed by atoms with Crippen LogP contribution in [0.4, 0.5) is 0 Å². The Morgan fingerprint density at radius 2 is 2.14 bits per heavy atom. The molecule has 0 bridgehead atoms. The largest absolute Gasteiger partial charge is 0.391 e. The minimum absolute atomic E-state index is 0.334. The van der Waals surface area contributed by atoms with E-state index in [0.717, 1.165) is 26.1 Å². The second kappa shape index (κ2) is 5.66. The second-order valence-electron chi connectivity index (χ2n) is 4.24. The minimum atomic E-state index is -0.334. The van der Waals surface area contributed by atoms with Gasteiger partial charge in [-0.15, -0.1) is 0 Å². The van der Waals surface area contributed by atoms with Crippen molar-refractivity contribution in [3.63, 3.8) is 0 Å². The predicted molar refractivity (Wildman–Crippen MR) is 56.4 cm³/mol. The number of piperazine rings is 1. The number of ether oxygens (including phenoxy) is 1. The van der Waals surface area contributed by atoms with E-state index < -0.39 is 0 Å². The molecular formula is C10H22N2O2. The molecular weight excluding hydrogens is 180 g/mol. The Hall–Kier alpha value is -0.160. The Kier molecular flexibility index (Phi) is 4.81. The van der Waals surface area contributed by atoms with E-state index in [1.165, 1.54) is 0 Å². The van der Waals surface area contributed by atoms with Crippen molar-refractivity contribution >= 4 is 0 Å². The van der Waals surface area contributed by atoms with E-state index in [1.54, 1.807) is 7.11 Å². The van der Waals surface area contributed by atoms with Crippen molar-refractivity contribution < 1.29 is 9.84 Å². The molecule has 0 radical (unpaired) electrons. The minimum Gasteiger partial charge on any atom is -0.391 e. The maximum absolute atomic E-state index is 9.64. The number of aliphatic hydroxyl groups is 1. The van der Waals surface area contributed by atoms with Crippen molar-refractivity contribution in [1.29, 1.82) is 0 Å². The molecule has 84 valence electrons. The first kappa shape index (κ1) is 11.9. The van der Waals surface area contributed by atoms with E-state index in [2.05, 4.69) is 23.9 Å². The van der Waals surface area contributed by atoms with E-state index in [-0.39, 0.29) is 6.10 Å². The molecule has 1 aliphatic heterocycles. The van der Waals surface area contributed by atoms with Gasteiger partial charge in [-0.3, -0.25) is 0 Å². The predicted octanol–water partition coefficient (Wildman–Crippen LogP) is -0.370.